The number of benzene rings is 6. The molecule has 6 aromatic rings. The van der Waals surface area contributed by atoms with Crippen LogP contribution in [0.25, 0.3) is 54.6 Å². The Hall–Kier alpha value is -4.20. The van der Waals surface area contributed by atoms with Crippen molar-refractivity contribution >= 4 is 42.4 Å². The molecule has 0 heterocycles. The van der Waals surface area contributed by atoms with Gasteiger partial charge in [-0.05, 0) is 60.6 Å². The van der Waals surface area contributed by atoms with Crippen LogP contribution in [0.2, 0.25) is 0 Å². The highest BCUT2D eigenvalue weighted by Crippen LogP contribution is 2.43. The fourth-order valence-electron chi connectivity index (χ4n) is 4.70. The van der Waals surface area contributed by atoms with Crippen molar-refractivity contribution in [2.75, 3.05) is 0 Å². The summed E-state index contributed by atoms with van der Waals surface area (Å²) in [6, 6.07) is 43.8. The van der Waals surface area contributed by atoms with E-state index in [1.165, 1.54) is 54.6 Å². The van der Waals surface area contributed by atoms with Gasteiger partial charge < -0.3 is 0 Å². The number of halogens is 3. The lowest BCUT2D eigenvalue weighted by atomic mass is 9.85. The zero-order valence-corrected chi connectivity index (χ0v) is 20.7. The van der Waals surface area contributed by atoms with Crippen LogP contribution in [0, 0.1) is 0 Å². The van der Waals surface area contributed by atoms with Gasteiger partial charge in [0.1, 0.15) is 0 Å². The molecular weight excluding hydrogens is 509 g/mol. The lowest BCUT2D eigenvalue weighted by Gasteiger charge is -2.18. The van der Waals surface area contributed by atoms with Crippen LogP contribution in [0.4, 0.5) is 13.2 Å². The van der Waals surface area contributed by atoms with Gasteiger partial charge in [0.25, 0.3) is 0 Å². The summed E-state index contributed by atoms with van der Waals surface area (Å²) in [5, 5.41) is 7.73. The Morgan fingerprint density at radius 3 is 1.37 bits per heavy atom. The van der Waals surface area contributed by atoms with E-state index in [4.69, 9.17) is 13.0 Å². The molecular formula is C31H21F3O3S. The molecule has 38 heavy (non-hydrogen) atoms. The molecule has 0 saturated carbocycles. The molecule has 0 aromatic heterocycles. The van der Waals surface area contributed by atoms with Crippen LogP contribution >= 0.6 is 0 Å². The third kappa shape index (κ3) is 4.86. The number of rotatable bonds is 2. The molecule has 0 unspecified atom stereocenters. The molecule has 0 fully saturated rings. The average Bonchev–Trinajstić information content (AvgIpc) is 2.91. The van der Waals surface area contributed by atoms with E-state index in [1.807, 2.05) is 0 Å². The summed E-state index contributed by atoms with van der Waals surface area (Å²) in [5.41, 5.74) is -0.388. The average molecular weight is 531 g/mol. The summed E-state index contributed by atoms with van der Waals surface area (Å²) in [7, 11) is -5.84. The molecule has 0 bridgehead atoms. The minimum Gasteiger partial charge on any atom is -0.279 e. The quantitative estimate of drug-likeness (QED) is 0.138. The Labute approximate surface area is 217 Å². The molecule has 0 spiro atoms. The summed E-state index contributed by atoms with van der Waals surface area (Å²) in [5.74, 6) is 0. The molecule has 0 aliphatic carbocycles. The van der Waals surface area contributed by atoms with Gasteiger partial charge in [0, 0.05) is 0 Å². The molecule has 0 saturated heterocycles. The molecule has 1 N–H and O–H groups in total. The SMILES string of the molecule is O=S(=O)(O)C(F)(F)F.c1ccc(-c2c3ccccc3c(-c3ccc4ccccc4c3)c3ccccc23)cc1. The number of hydrogen-bond acceptors (Lipinski definition) is 2. The van der Waals surface area contributed by atoms with Crippen molar-refractivity contribution in [1.29, 1.82) is 0 Å². The smallest absolute Gasteiger partial charge is 0.279 e. The second kappa shape index (κ2) is 9.93. The van der Waals surface area contributed by atoms with Gasteiger partial charge in [-0.25, -0.2) is 0 Å². The van der Waals surface area contributed by atoms with Gasteiger partial charge >= 0.3 is 15.6 Å². The Kier molecular flexibility index (Phi) is 6.65. The summed E-state index contributed by atoms with van der Waals surface area (Å²) < 4.78 is 57.5. The zero-order valence-electron chi connectivity index (χ0n) is 19.9. The standard InChI is InChI=1S/C30H20.CHF3O3S/c1-2-11-22(12-3-1)29-25-14-6-8-16-27(25)30(28-17-9-7-15-26(28)29)24-19-18-21-10-4-5-13-23(21)20-24;2-1(3,4)8(5,6)7/h1-20H;(H,5,6,7). The van der Waals surface area contributed by atoms with Crippen LogP contribution in [0.1, 0.15) is 0 Å². The van der Waals surface area contributed by atoms with E-state index in [1.54, 1.807) is 0 Å². The van der Waals surface area contributed by atoms with Gasteiger partial charge in [-0.15, -0.1) is 0 Å². The molecule has 0 amide bonds. The molecule has 0 aliphatic heterocycles. The molecule has 0 atom stereocenters. The maximum Gasteiger partial charge on any atom is 0.522 e. The van der Waals surface area contributed by atoms with E-state index in [2.05, 4.69) is 121 Å². The number of fused-ring (bicyclic) bond motifs is 3. The number of hydrogen-bond donors (Lipinski definition) is 1. The van der Waals surface area contributed by atoms with Crippen LogP contribution in [0.15, 0.2) is 121 Å². The fourth-order valence-corrected chi connectivity index (χ4v) is 4.70. The normalized spacial score (nSPS) is 11.9. The van der Waals surface area contributed by atoms with Crippen molar-refractivity contribution < 1.29 is 26.1 Å². The predicted molar refractivity (Wildman–Crippen MR) is 147 cm³/mol. The highest BCUT2D eigenvalue weighted by molar-refractivity contribution is 7.86. The van der Waals surface area contributed by atoms with Crippen molar-refractivity contribution in [3.05, 3.63) is 121 Å². The Bertz CT molecular complexity index is 1820. The van der Waals surface area contributed by atoms with Gasteiger partial charge in [-0.1, -0.05) is 115 Å². The van der Waals surface area contributed by atoms with Crippen molar-refractivity contribution in [1.82, 2.24) is 0 Å². The lowest BCUT2D eigenvalue weighted by Crippen LogP contribution is -2.21. The molecule has 0 aliphatic rings. The van der Waals surface area contributed by atoms with Crippen LogP contribution in [0.5, 0.6) is 0 Å². The van der Waals surface area contributed by atoms with Gasteiger partial charge in [0.05, 0.1) is 0 Å². The van der Waals surface area contributed by atoms with Crippen LogP contribution < -0.4 is 0 Å². The Morgan fingerprint density at radius 2 is 0.895 bits per heavy atom. The van der Waals surface area contributed by atoms with E-state index in [0.29, 0.717) is 0 Å². The monoisotopic (exact) mass is 530 g/mol. The molecule has 7 heteroatoms. The Morgan fingerprint density at radius 1 is 0.500 bits per heavy atom. The van der Waals surface area contributed by atoms with Gasteiger partial charge in [0.2, 0.25) is 0 Å². The molecule has 3 nitrogen and oxygen atoms in total. The zero-order chi connectivity index (χ0) is 26.9. The highest BCUT2D eigenvalue weighted by Gasteiger charge is 2.44. The van der Waals surface area contributed by atoms with Crippen molar-refractivity contribution in [2.24, 2.45) is 0 Å². The summed E-state index contributed by atoms with van der Waals surface area (Å²) in [6.07, 6.45) is 0. The topological polar surface area (TPSA) is 54.4 Å². The number of alkyl halides is 3. The van der Waals surface area contributed by atoms with E-state index in [-0.39, 0.29) is 0 Å². The first-order valence-corrected chi connectivity index (χ1v) is 13.1. The second-order valence-corrected chi connectivity index (χ2v) is 10.1. The third-order valence-corrected chi connectivity index (χ3v) is 6.91. The summed E-state index contributed by atoms with van der Waals surface area (Å²) >= 11 is 0. The lowest BCUT2D eigenvalue weighted by molar-refractivity contribution is -0.0510. The van der Waals surface area contributed by atoms with Gasteiger partial charge in [-0.2, -0.15) is 21.6 Å². The second-order valence-electron chi connectivity index (χ2n) is 8.69. The van der Waals surface area contributed by atoms with Crippen molar-refractivity contribution in [3.63, 3.8) is 0 Å². The van der Waals surface area contributed by atoms with Crippen LogP contribution in [-0.4, -0.2) is 18.5 Å². The molecule has 0 radical (unpaired) electrons. The fraction of sp³-hybridized carbons (Fsp3) is 0.0323. The predicted octanol–water partition coefficient (Wildman–Crippen LogP) is 8.87. The van der Waals surface area contributed by atoms with E-state index in [0.717, 1.165) is 0 Å². The Balaban J connectivity index is 0.000000323. The van der Waals surface area contributed by atoms with Gasteiger partial charge in [-0.3, -0.25) is 4.55 Å². The van der Waals surface area contributed by atoms with E-state index < -0.39 is 15.6 Å². The summed E-state index contributed by atoms with van der Waals surface area (Å²) in [6.45, 7) is 0. The maximum absolute atomic E-state index is 10.7. The minimum absolute atomic E-state index is 1.26. The van der Waals surface area contributed by atoms with Crippen molar-refractivity contribution in [2.45, 2.75) is 5.51 Å². The minimum atomic E-state index is -5.84. The molecule has 6 rings (SSSR count). The molecule has 6 aromatic carbocycles. The van der Waals surface area contributed by atoms with E-state index in [9.17, 15) is 13.2 Å². The third-order valence-electron chi connectivity index (χ3n) is 6.32. The first-order valence-electron chi connectivity index (χ1n) is 11.7. The molecule has 190 valence electrons. The first-order chi connectivity index (χ1) is 18.1. The van der Waals surface area contributed by atoms with E-state index >= 15 is 0 Å². The van der Waals surface area contributed by atoms with Gasteiger partial charge in [0.15, 0.2) is 0 Å². The van der Waals surface area contributed by atoms with Crippen LogP contribution in [0.3, 0.4) is 0 Å². The van der Waals surface area contributed by atoms with Crippen LogP contribution in [-0.2, 0) is 10.1 Å². The summed E-state index contributed by atoms with van der Waals surface area (Å²) in [4.78, 5) is 0. The highest BCUT2D eigenvalue weighted by atomic mass is 32.2. The first kappa shape index (κ1) is 25.4. The maximum atomic E-state index is 10.7. The largest absolute Gasteiger partial charge is 0.522 e. The van der Waals surface area contributed by atoms with Crippen molar-refractivity contribution in [3.8, 4) is 22.3 Å².